The SMILES string of the molecule is Cc1nn(C)c(C)c1-c1ccnc(O[C@@H]2CCN(c3cn[nH]c(=O)c3Cl)C2)c1. The minimum Gasteiger partial charge on any atom is -0.472 e. The molecule has 28 heavy (non-hydrogen) atoms. The summed E-state index contributed by atoms with van der Waals surface area (Å²) in [6, 6.07) is 3.91. The molecular weight excluding hydrogens is 380 g/mol. The van der Waals surface area contributed by atoms with Crippen molar-refractivity contribution in [3.05, 3.63) is 51.3 Å². The van der Waals surface area contributed by atoms with Crippen molar-refractivity contribution >= 4 is 17.3 Å². The van der Waals surface area contributed by atoms with Gasteiger partial charge < -0.3 is 9.64 Å². The largest absolute Gasteiger partial charge is 0.472 e. The second kappa shape index (κ2) is 7.27. The van der Waals surface area contributed by atoms with E-state index in [1.165, 1.54) is 0 Å². The lowest BCUT2D eigenvalue weighted by Gasteiger charge is -2.19. The highest BCUT2D eigenvalue weighted by atomic mass is 35.5. The summed E-state index contributed by atoms with van der Waals surface area (Å²) in [6.45, 7) is 5.39. The van der Waals surface area contributed by atoms with Crippen molar-refractivity contribution in [1.82, 2.24) is 25.0 Å². The van der Waals surface area contributed by atoms with E-state index >= 15 is 0 Å². The van der Waals surface area contributed by atoms with E-state index in [4.69, 9.17) is 16.3 Å². The fourth-order valence-corrected chi connectivity index (χ4v) is 3.84. The summed E-state index contributed by atoms with van der Waals surface area (Å²) in [7, 11) is 1.94. The Hall–Kier alpha value is -2.87. The number of aryl methyl sites for hydroxylation is 2. The van der Waals surface area contributed by atoms with Gasteiger partial charge in [0.15, 0.2) is 0 Å². The molecule has 0 aliphatic carbocycles. The topological polar surface area (TPSA) is 88.9 Å². The van der Waals surface area contributed by atoms with Gasteiger partial charge in [-0.05, 0) is 25.5 Å². The van der Waals surface area contributed by atoms with Crippen LogP contribution in [0.5, 0.6) is 5.88 Å². The molecule has 1 aliphatic rings. The van der Waals surface area contributed by atoms with Gasteiger partial charge in [0.25, 0.3) is 5.56 Å². The van der Waals surface area contributed by atoms with Crippen LogP contribution in [0.25, 0.3) is 11.1 Å². The number of halogens is 1. The minimum absolute atomic E-state index is 0.0470. The van der Waals surface area contributed by atoms with E-state index in [9.17, 15) is 4.79 Å². The first-order valence-electron chi connectivity index (χ1n) is 9.05. The zero-order valence-corrected chi connectivity index (χ0v) is 16.7. The summed E-state index contributed by atoms with van der Waals surface area (Å²) in [5, 5.41) is 10.8. The van der Waals surface area contributed by atoms with Gasteiger partial charge in [-0.25, -0.2) is 10.1 Å². The number of aromatic amines is 1. The van der Waals surface area contributed by atoms with Crippen LogP contribution in [-0.4, -0.2) is 44.2 Å². The highest BCUT2D eigenvalue weighted by Crippen LogP contribution is 2.30. The monoisotopic (exact) mass is 400 g/mol. The van der Waals surface area contributed by atoms with Gasteiger partial charge in [0, 0.05) is 43.5 Å². The van der Waals surface area contributed by atoms with Gasteiger partial charge in [0.2, 0.25) is 5.88 Å². The van der Waals surface area contributed by atoms with E-state index in [0.29, 0.717) is 18.1 Å². The Bertz CT molecular complexity index is 1080. The number of hydrogen-bond donors (Lipinski definition) is 1. The summed E-state index contributed by atoms with van der Waals surface area (Å²) in [4.78, 5) is 18.0. The summed E-state index contributed by atoms with van der Waals surface area (Å²) in [6.07, 6.45) is 4.08. The number of nitrogens with zero attached hydrogens (tertiary/aromatic N) is 5. The van der Waals surface area contributed by atoms with Crippen LogP contribution in [0.4, 0.5) is 5.69 Å². The van der Waals surface area contributed by atoms with Gasteiger partial charge >= 0.3 is 0 Å². The van der Waals surface area contributed by atoms with Crippen LogP contribution in [0.15, 0.2) is 29.3 Å². The molecule has 3 aromatic rings. The van der Waals surface area contributed by atoms with Gasteiger partial charge in [-0.2, -0.15) is 10.2 Å². The molecule has 0 saturated carbocycles. The predicted molar refractivity (Wildman–Crippen MR) is 107 cm³/mol. The number of aromatic nitrogens is 5. The first-order valence-corrected chi connectivity index (χ1v) is 9.43. The first-order chi connectivity index (χ1) is 13.4. The fraction of sp³-hybridized carbons (Fsp3) is 0.368. The molecule has 9 heteroatoms. The molecule has 8 nitrogen and oxygen atoms in total. The molecule has 4 rings (SSSR count). The maximum absolute atomic E-state index is 11.7. The smallest absolute Gasteiger partial charge is 0.285 e. The Kier molecular flexibility index (Phi) is 4.80. The molecule has 0 bridgehead atoms. The van der Waals surface area contributed by atoms with Crippen molar-refractivity contribution in [2.75, 3.05) is 18.0 Å². The highest BCUT2D eigenvalue weighted by molar-refractivity contribution is 6.33. The van der Waals surface area contributed by atoms with E-state index in [1.807, 2.05) is 42.6 Å². The van der Waals surface area contributed by atoms with Crippen LogP contribution >= 0.6 is 11.6 Å². The normalized spacial score (nSPS) is 16.6. The zero-order valence-electron chi connectivity index (χ0n) is 15.9. The van der Waals surface area contributed by atoms with Gasteiger partial charge in [-0.1, -0.05) is 11.6 Å². The van der Waals surface area contributed by atoms with Crippen LogP contribution < -0.4 is 15.2 Å². The lowest BCUT2D eigenvalue weighted by molar-refractivity contribution is 0.216. The lowest BCUT2D eigenvalue weighted by atomic mass is 10.1. The summed E-state index contributed by atoms with van der Waals surface area (Å²) >= 11 is 6.11. The number of ether oxygens (including phenoxy) is 1. The Labute approximate surface area is 167 Å². The van der Waals surface area contributed by atoms with Crippen LogP contribution in [-0.2, 0) is 7.05 Å². The Morgan fingerprint density at radius 3 is 2.93 bits per heavy atom. The standard InChI is InChI=1S/C19H21ClN6O2/c1-11-17(12(2)25(3)24-11)13-4-6-21-16(8-13)28-14-5-7-26(10-14)15-9-22-23-19(27)18(15)20/h4,6,8-9,14H,5,7,10H2,1-3H3,(H,23,27)/t14-/m1/s1. The first kappa shape index (κ1) is 18.5. The summed E-state index contributed by atoms with van der Waals surface area (Å²) in [5.74, 6) is 0.571. The average Bonchev–Trinajstić information content (AvgIpc) is 3.22. The second-order valence-electron chi connectivity index (χ2n) is 6.93. The van der Waals surface area contributed by atoms with Crippen LogP contribution in [0.3, 0.4) is 0 Å². The molecule has 0 unspecified atom stereocenters. The number of H-pyrrole nitrogens is 1. The van der Waals surface area contributed by atoms with Crippen LogP contribution in [0, 0.1) is 13.8 Å². The molecule has 0 spiro atoms. The molecule has 1 atom stereocenters. The zero-order chi connectivity index (χ0) is 19.8. The van der Waals surface area contributed by atoms with Crippen LogP contribution in [0.1, 0.15) is 17.8 Å². The maximum atomic E-state index is 11.7. The number of pyridine rings is 1. The molecule has 1 saturated heterocycles. The molecule has 4 heterocycles. The van der Waals surface area contributed by atoms with Gasteiger partial charge in [-0.3, -0.25) is 9.48 Å². The third-order valence-corrected chi connectivity index (χ3v) is 5.45. The lowest BCUT2D eigenvalue weighted by Crippen LogP contribution is -2.26. The van der Waals surface area contributed by atoms with Crippen molar-refractivity contribution in [2.24, 2.45) is 7.05 Å². The average molecular weight is 401 g/mol. The quantitative estimate of drug-likeness (QED) is 0.723. The molecular formula is C19H21ClN6O2. The molecule has 0 radical (unpaired) electrons. The van der Waals surface area contributed by atoms with Gasteiger partial charge in [0.1, 0.15) is 11.1 Å². The summed E-state index contributed by atoms with van der Waals surface area (Å²) in [5.41, 5.74) is 4.44. The number of hydrogen-bond acceptors (Lipinski definition) is 6. The molecule has 146 valence electrons. The Morgan fingerprint density at radius 2 is 2.18 bits per heavy atom. The molecule has 1 fully saturated rings. The Balaban J connectivity index is 1.51. The highest BCUT2D eigenvalue weighted by Gasteiger charge is 2.27. The number of nitrogens with one attached hydrogen (secondary N) is 1. The van der Waals surface area contributed by atoms with E-state index in [1.54, 1.807) is 12.4 Å². The van der Waals surface area contributed by atoms with Crippen molar-refractivity contribution in [1.29, 1.82) is 0 Å². The van der Waals surface area contributed by atoms with Gasteiger partial charge in [-0.15, -0.1) is 0 Å². The van der Waals surface area contributed by atoms with E-state index in [-0.39, 0.29) is 16.7 Å². The fourth-order valence-electron chi connectivity index (χ4n) is 3.63. The van der Waals surface area contributed by atoms with E-state index < -0.39 is 0 Å². The third kappa shape index (κ3) is 3.35. The van der Waals surface area contributed by atoms with Crippen molar-refractivity contribution in [3.63, 3.8) is 0 Å². The minimum atomic E-state index is -0.389. The molecule has 0 aromatic carbocycles. The molecule has 3 aromatic heterocycles. The number of rotatable bonds is 4. The number of anilines is 1. The van der Waals surface area contributed by atoms with Gasteiger partial charge in [0.05, 0.1) is 24.1 Å². The molecule has 0 amide bonds. The van der Waals surface area contributed by atoms with E-state index in [0.717, 1.165) is 35.5 Å². The summed E-state index contributed by atoms with van der Waals surface area (Å²) < 4.78 is 7.99. The predicted octanol–water partition coefficient (Wildman–Crippen LogP) is 2.49. The van der Waals surface area contributed by atoms with Crippen molar-refractivity contribution in [3.8, 4) is 17.0 Å². The second-order valence-corrected chi connectivity index (χ2v) is 7.30. The van der Waals surface area contributed by atoms with Crippen LogP contribution in [0.2, 0.25) is 5.02 Å². The van der Waals surface area contributed by atoms with Crippen molar-refractivity contribution < 1.29 is 4.74 Å². The van der Waals surface area contributed by atoms with Crippen molar-refractivity contribution in [2.45, 2.75) is 26.4 Å². The maximum Gasteiger partial charge on any atom is 0.285 e. The molecule has 1 N–H and O–H groups in total. The third-order valence-electron chi connectivity index (χ3n) is 5.08. The van der Waals surface area contributed by atoms with E-state index in [2.05, 4.69) is 20.3 Å². The molecule has 1 aliphatic heterocycles. The Morgan fingerprint density at radius 1 is 1.36 bits per heavy atom.